The zero-order valence-electron chi connectivity index (χ0n) is 14.1. The Morgan fingerprint density at radius 3 is 1.60 bits per heavy atom. The molecule has 0 unspecified atom stereocenters. The monoisotopic (exact) mass is 330 g/mol. The fourth-order valence-electron chi connectivity index (χ4n) is 2.75. The molecule has 25 heavy (non-hydrogen) atoms. The third-order valence-corrected chi connectivity index (χ3v) is 4.29. The van der Waals surface area contributed by atoms with Crippen LogP contribution in [0.2, 0.25) is 0 Å². The van der Waals surface area contributed by atoms with Gasteiger partial charge in [-0.2, -0.15) is 0 Å². The summed E-state index contributed by atoms with van der Waals surface area (Å²) in [5.74, 6) is 1.68. The van der Waals surface area contributed by atoms with Crippen LogP contribution in [0.25, 0.3) is 11.6 Å². The van der Waals surface area contributed by atoms with Crippen LogP contribution < -0.4 is 0 Å². The summed E-state index contributed by atoms with van der Waals surface area (Å²) in [5, 5.41) is 0. The first kappa shape index (κ1) is 15.3. The second-order valence-electron chi connectivity index (χ2n) is 6.33. The van der Waals surface area contributed by atoms with Crippen LogP contribution in [0.3, 0.4) is 0 Å². The van der Waals surface area contributed by atoms with Gasteiger partial charge in [0.15, 0.2) is 0 Å². The third kappa shape index (κ3) is 2.82. The Hall–Kier alpha value is -3.28. The van der Waals surface area contributed by atoms with Gasteiger partial charge in [0.1, 0.15) is 24.3 Å². The first-order valence-corrected chi connectivity index (χ1v) is 8.06. The number of aromatic nitrogens is 6. The third-order valence-electron chi connectivity index (χ3n) is 4.29. The average molecular weight is 330 g/mol. The van der Waals surface area contributed by atoms with Gasteiger partial charge in [0.2, 0.25) is 0 Å². The molecule has 0 saturated carbocycles. The summed E-state index contributed by atoms with van der Waals surface area (Å²) in [6.07, 6.45) is 10.8. The minimum atomic E-state index is -0.340. The quantitative estimate of drug-likeness (QED) is 0.576. The van der Waals surface area contributed by atoms with Crippen molar-refractivity contribution in [2.24, 2.45) is 0 Å². The van der Waals surface area contributed by atoms with E-state index in [1.165, 1.54) is 0 Å². The molecular formula is C19H18N6. The lowest BCUT2D eigenvalue weighted by Gasteiger charge is -2.24. The minimum absolute atomic E-state index is 0.340. The van der Waals surface area contributed by atoms with Gasteiger partial charge in [0.25, 0.3) is 0 Å². The Labute approximate surface area is 145 Å². The van der Waals surface area contributed by atoms with E-state index in [4.69, 9.17) is 9.97 Å². The molecule has 4 aromatic rings. The van der Waals surface area contributed by atoms with Gasteiger partial charge >= 0.3 is 0 Å². The highest BCUT2D eigenvalue weighted by Gasteiger charge is 2.27. The SMILES string of the molecule is CC(C)(c1cccc(-n2ccnc2)n1)c1cccc(-n2ccnc2)n1. The van der Waals surface area contributed by atoms with Crippen molar-refractivity contribution in [3.8, 4) is 11.6 Å². The van der Waals surface area contributed by atoms with Gasteiger partial charge in [-0.25, -0.2) is 19.9 Å². The van der Waals surface area contributed by atoms with Crippen molar-refractivity contribution >= 4 is 0 Å². The van der Waals surface area contributed by atoms with Crippen molar-refractivity contribution in [1.29, 1.82) is 0 Å². The van der Waals surface area contributed by atoms with Crippen molar-refractivity contribution in [2.45, 2.75) is 19.3 Å². The van der Waals surface area contributed by atoms with Gasteiger partial charge in [-0.1, -0.05) is 12.1 Å². The van der Waals surface area contributed by atoms with E-state index in [1.54, 1.807) is 25.0 Å². The van der Waals surface area contributed by atoms with Crippen molar-refractivity contribution in [2.75, 3.05) is 0 Å². The van der Waals surface area contributed by atoms with E-state index in [1.807, 2.05) is 57.9 Å². The predicted molar refractivity (Wildman–Crippen MR) is 94.8 cm³/mol. The molecule has 6 heteroatoms. The van der Waals surface area contributed by atoms with E-state index >= 15 is 0 Å². The molecule has 0 saturated heterocycles. The molecule has 4 aromatic heterocycles. The predicted octanol–water partition coefficient (Wildman–Crippen LogP) is 3.17. The van der Waals surface area contributed by atoms with Crippen LogP contribution in [0.4, 0.5) is 0 Å². The van der Waals surface area contributed by atoms with Crippen molar-refractivity contribution in [3.63, 3.8) is 0 Å². The molecule has 124 valence electrons. The Bertz CT molecular complexity index is 891. The van der Waals surface area contributed by atoms with E-state index in [2.05, 4.69) is 23.8 Å². The lowest BCUT2D eigenvalue weighted by atomic mass is 9.84. The number of hydrogen-bond acceptors (Lipinski definition) is 4. The second kappa shape index (κ2) is 5.98. The maximum absolute atomic E-state index is 4.82. The summed E-state index contributed by atoms with van der Waals surface area (Å²) in [4.78, 5) is 17.8. The number of pyridine rings is 2. The molecule has 6 nitrogen and oxygen atoms in total. The Morgan fingerprint density at radius 1 is 0.720 bits per heavy atom. The number of imidazole rings is 2. The largest absolute Gasteiger partial charge is 0.291 e. The Balaban J connectivity index is 1.75. The number of rotatable bonds is 4. The summed E-state index contributed by atoms with van der Waals surface area (Å²) in [7, 11) is 0. The molecule has 0 fully saturated rings. The standard InChI is InChI=1S/C19H18N6/c1-19(2,15-5-3-7-17(22-15)24-11-9-20-13-24)16-6-4-8-18(23-16)25-12-10-21-14-25/h3-14H,1-2H3. The highest BCUT2D eigenvalue weighted by Crippen LogP contribution is 2.29. The Kier molecular flexibility index (Phi) is 3.65. The summed E-state index contributed by atoms with van der Waals surface area (Å²) < 4.78 is 3.80. The summed E-state index contributed by atoms with van der Waals surface area (Å²) in [5.41, 5.74) is 1.57. The Morgan fingerprint density at radius 2 is 1.20 bits per heavy atom. The molecule has 0 aliphatic rings. The van der Waals surface area contributed by atoms with Gasteiger partial charge in [0.05, 0.1) is 11.4 Å². The van der Waals surface area contributed by atoms with E-state index in [9.17, 15) is 0 Å². The second-order valence-corrected chi connectivity index (χ2v) is 6.33. The molecule has 4 rings (SSSR count). The van der Waals surface area contributed by atoms with Crippen LogP contribution in [0.15, 0.2) is 73.8 Å². The molecule has 0 spiro atoms. The molecule has 0 atom stereocenters. The zero-order valence-corrected chi connectivity index (χ0v) is 14.1. The molecule has 0 aliphatic carbocycles. The smallest absolute Gasteiger partial charge is 0.138 e. The molecule has 0 aromatic carbocycles. The van der Waals surface area contributed by atoms with Gasteiger partial charge in [-0.3, -0.25) is 9.13 Å². The maximum atomic E-state index is 4.82. The lowest BCUT2D eigenvalue weighted by molar-refractivity contribution is 0.591. The lowest BCUT2D eigenvalue weighted by Crippen LogP contribution is -2.23. The normalized spacial score (nSPS) is 11.6. The number of hydrogen-bond donors (Lipinski definition) is 0. The van der Waals surface area contributed by atoms with Crippen LogP contribution in [0.1, 0.15) is 25.2 Å². The summed E-state index contributed by atoms with van der Waals surface area (Å²) >= 11 is 0. The van der Waals surface area contributed by atoms with Crippen LogP contribution in [-0.2, 0) is 5.41 Å². The molecular weight excluding hydrogens is 312 g/mol. The van der Waals surface area contributed by atoms with Crippen molar-refractivity contribution < 1.29 is 0 Å². The summed E-state index contributed by atoms with van der Waals surface area (Å²) in [6, 6.07) is 12.0. The van der Waals surface area contributed by atoms with Gasteiger partial charge in [-0.05, 0) is 38.1 Å². The fourth-order valence-corrected chi connectivity index (χ4v) is 2.75. The average Bonchev–Trinajstić information content (AvgIpc) is 3.36. The first-order valence-electron chi connectivity index (χ1n) is 8.06. The van der Waals surface area contributed by atoms with Crippen LogP contribution in [0.5, 0.6) is 0 Å². The first-order chi connectivity index (χ1) is 12.1. The van der Waals surface area contributed by atoms with E-state index in [-0.39, 0.29) is 5.41 Å². The van der Waals surface area contributed by atoms with E-state index < -0.39 is 0 Å². The van der Waals surface area contributed by atoms with E-state index in [0.29, 0.717) is 0 Å². The highest BCUT2D eigenvalue weighted by molar-refractivity contribution is 5.36. The highest BCUT2D eigenvalue weighted by atomic mass is 15.1. The van der Waals surface area contributed by atoms with Crippen LogP contribution in [-0.4, -0.2) is 29.1 Å². The van der Waals surface area contributed by atoms with E-state index in [0.717, 1.165) is 23.0 Å². The van der Waals surface area contributed by atoms with Crippen molar-refractivity contribution in [1.82, 2.24) is 29.1 Å². The van der Waals surface area contributed by atoms with Crippen LogP contribution in [0, 0.1) is 0 Å². The molecule has 4 heterocycles. The molecule has 0 bridgehead atoms. The zero-order chi connectivity index (χ0) is 17.3. The minimum Gasteiger partial charge on any atom is -0.291 e. The topological polar surface area (TPSA) is 61.4 Å². The molecule has 0 N–H and O–H groups in total. The van der Waals surface area contributed by atoms with Crippen LogP contribution >= 0.6 is 0 Å². The fraction of sp³-hybridized carbons (Fsp3) is 0.158. The van der Waals surface area contributed by atoms with Gasteiger partial charge in [0, 0.05) is 30.2 Å². The molecule has 0 aliphatic heterocycles. The van der Waals surface area contributed by atoms with Gasteiger partial charge in [-0.15, -0.1) is 0 Å². The summed E-state index contributed by atoms with van der Waals surface area (Å²) in [6.45, 7) is 4.26. The molecule has 0 amide bonds. The molecule has 0 radical (unpaired) electrons. The van der Waals surface area contributed by atoms with Crippen molar-refractivity contribution in [3.05, 3.63) is 85.2 Å². The maximum Gasteiger partial charge on any atom is 0.138 e. The number of nitrogens with zero attached hydrogens (tertiary/aromatic N) is 6. The van der Waals surface area contributed by atoms with Gasteiger partial charge < -0.3 is 0 Å².